The molecular weight excluding hydrogens is 271 g/mol. The smallest absolute Gasteiger partial charge is 0.336 e. The van der Waals surface area contributed by atoms with Crippen molar-refractivity contribution in [1.82, 2.24) is 0 Å². The Hall–Kier alpha value is -2.36. The standard InChI is InChI=1S/C17H17FO3/c1-10-5-4-6-13(17(19)20)14(10)9-21-16-8-15(18)11(2)7-12(16)3/h4-8H,9H2,1-3H3,(H,19,20). The lowest BCUT2D eigenvalue weighted by Gasteiger charge is -2.14. The van der Waals surface area contributed by atoms with Crippen molar-refractivity contribution in [3.8, 4) is 5.75 Å². The third kappa shape index (κ3) is 3.21. The van der Waals surface area contributed by atoms with Gasteiger partial charge in [0.05, 0.1) is 5.56 Å². The average molecular weight is 288 g/mol. The molecule has 0 fully saturated rings. The molecule has 0 saturated heterocycles. The molecular formula is C17H17FO3. The number of carboxylic acids is 1. The van der Waals surface area contributed by atoms with Gasteiger partial charge < -0.3 is 9.84 Å². The van der Waals surface area contributed by atoms with Crippen molar-refractivity contribution in [3.05, 3.63) is 64.0 Å². The molecule has 0 aromatic heterocycles. The molecule has 0 aliphatic heterocycles. The fourth-order valence-electron chi connectivity index (χ4n) is 2.21. The summed E-state index contributed by atoms with van der Waals surface area (Å²) < 4.78 is 19.2. The Bertz CT molecular complexity index is 693. The lowest BCUT2D eigenvalue weighted by Crippen LogP contribution is -2.08. The Morgan fingerprint density at radius 2 is 1.86 bits per heavy atom. The topological polar surface area (TPSA) is 46.5 Å². The van der Waals surface area contributed by atoms with E-state index in [-0.39, 0.29) is 18.0 Å². The van der Waals surface area contributed by atoms with Crippen LogP contribution in [0.15, 0.2) is 30.3 Å². The summed E-state index contributed by atoms with van der Waals surface area (Å²) in [6.45, 7) is 5.44. The number of benzene rings is 2. The Morgan fingerprint density at radius 1 is 1.14 bits per heavy atom. The largest absolute Gasteiger partial charge is 0.488 e. The zero-order valence-corrected chi connectivity index (χ0v) is 12.2. The highest BCUT2D eigenvalue weighted by Gasteiger charge is 2.13. The van der Waals surface area contributed by atoms with Crippen LogP contribution in [0.4, 0.5) is 4.39 Å². The van der Waals surface area contributed by atoms with Crippen LogP contribution in [0.1, 0.15) is 32.6 Å². The van der Waals surface area contributed by atoms with Crippen LogP contribution in [0.2, 0.25) is 0 Å². The second-order valence-electron chi connectivity index (χ2n) is 5.06. The summed E-state index contributed by atoms with van der Waals surface area (Å²) in [6, 6.07) is 8.10. The van der Waals surface area contributed by atoms with E-state index in [0.717, 1.165) is 11.1 Å². The van der Waals surface area contributed by atoms with Crippen LogP contribution in [0.5, 0.6) is 5.75 Å². The number of rotatable bonds is 4. The molecule has 21 heavy (non-hydrogen) atoms. The first kappa shape index (κ1) is 15.0. The molecule has 0 aliphatic carbocycles. The molecule has 2 rings (SSSR count). The lowest BCUT2D eigenvalue weighted by molar-refractivity contribution is 0.0693. The summed E-state index contributed by atoms with van der Waals surface area (Å²) in [4.78, 5) is 11.2. The zero-order valence-electron chi connectivity index (χ0n) is 12.2. The fraction of sp³-hybridized carbons (Fsp3) is 0.235. The van der Waals surface area contributed by atoms with Gasteiger partial charge in [0.2, 0.25) is 0 Å². The molecule has 0 heterocycles. The van der Waals surface area contributed by atoms with Crippen LogP contribution < -0.4 is 4.74 Å². The van der Waals surface area contributed by atoms with Gasteiger partial charge in [-0.25, -0.2) is 9.18 Å². The van der Waals surface area contributed by atoms with Crippen molar-refractivity contribution in [2.75, 3.05) is 0 Å². The highest BCUT2D eigenvalue weighted by molar-refractivity contribution is 5.89. The molecule has 0 bridgehead atoms. The maximum atomic E-state index is 13.6. The third-order valence-electron chi connectivity index (χ3n) is 3.47. The molecule has 2 aromatic carbocycles. The van der Waals surface area contributed by atoms with Gasteiger partial charge in [-0.15, -0.1) is 0 Å². The maximum Gasteiger partial charge on any atom is 0.336 e. The van der Waals surface area contributed by atoms with Crippen LogP contribution in [-0.4, -0.2) is 11.1 Å². The highest BCUT2D eigenvalue weighted by atomic mass is 19.1. The maximum absolute atomic E-state index is 13.6. The number of aryl methyl sites for hydroxylation is 3. The van der Waals surface area contributed by atoms with Gasteiger partial charge in [-0.1, -0.05) is 12.1 Å². The van der Waals surface area contributed by atoms with E-state index >= 15 is 0 Å². The number of hydrogen-bond acceptors (Lipinski definition) is 2. The second-order valence-corrected chi connectivity index (χ2v) is 5.06. The van der Waals surface area contributed by atoms with Crippen molar-refractivity contribution in [2.45, 2.75) is 27.4 Å². The first-order valence-corrected chi connectivity index (χ1v) is 6.61. The third-order valence-corrected chi connectivity index (χ3v) is 3.47. The fourth-order valence-corrected chi connectivity index (χ4v) is 2.21. The minimum Gasteiger partial charge on any atom is -0.488 e. The number of hydrogen-bond donors (Lipinski definition) is 1. The lowest BCUT2D eigenvalue weighted by atomic mass is 10.0. The van der Waals surface area contributed by atoms with Gasteiger partial charge >= 0.3 is 5.97 Å². The number of carboxylic acid groups (broad SMARTS) is 1. The zero-order chi connectivity index (χ0) is 15.6. The highest BCUT2D eigenvalue weighted by Crippen LogP contribution is 2.24. The van der Waals surface area contributed by atoms with Crippen molar-refractivity contribution in [1.29, 1.82) is 0 Å². The Kier molecular flexibility index (Phi) is 4.26. The molecule has 1 N–H and O–H groups in total. The van der Waals surface area contributed by atoms with Crippen LogP contribution in [0.3, 0.4) is 0 Å². The summed E-state index contributed by atoms with van der Waals surface area (Å²) in [5.74, 6) is -0.902. The second kappa shape index (κ2) is 5.95. The van der Waals surface area contributed by atoms with E-state index in [4.69, 9.17) is 4.74 Å². The van der Waals surface area contributed by atoms with Crippen molar-refractivity contribution < 1.29 is 19.0 Å². The van der Waals surface area contributed by atoms with Gasteiger partial charge in [0.1, 0.15) is 18.2 Å². The Balaban J connectivity index is 2.29. The van der Waals surface area contributed by atoms with Crippen LogP contribution in [0, 0.1) is 26.6 Å². The monoisotopic (exact) mass is 288 g/mol. The molecule has 3 nitrogen and oxygen atoms in total. The molecule has 0 spiro atoms. The van der Waals surface area contributed by atoms with E-state index in [0.29, 0.717) is 16.9 Å². The van der Waals surface area contributed by atoms with Gasteiger partial charge in [0, 0.05) is 11.6 Å². The molecule has 0 amide bonds. The van der Waals surface area contributed by atoms with E-state index in [1.165, 1.54) is 12.1 Å². The summed E-state index contributed by atoms with van der Waals surface area (Å²) in [5, 5.41) is 9.21. The molecule has 0 saturated carbocycles. The Labute approximate surface area is 123 Å². The first-order chi connectivity index (χ1) is 9.90. The number of halogens is 1. The van der Waals surface area contributed by atoms with Gasteiger partial charge in [-0.05, 0) is 49.6 Å². The van der Waals surface area contributed by atoms with Gasteiger partial charge in [0.15, 0.2) is 0 Å². The van der Waals surface area contributed by atoms with E-state index in [1.54, 1.807) is 19.1 Å². The molecule has 4 heteroatoms. The summed E-state index contributed by atoms with van der Waals surface area (Å²) in [6.07, 6.45) is 0. The SMILES string of the molecule is Cc1cc(C)c(OCc2c(C)cccc2C(=O)O)cc1F. The summed E-state index contributed by atoms with van der Waals surface area (Å²) in [7, 11) is 0. The normalized spacial score (nSPS) is 10.5. The van der Waals surface area contributed by atoms with Crippen LogP contribution in [-0.2, 0) is 6.61 Å². The predicted octanol–water partition coefficient (Wildman–Crippen LogP) is 4.03. The average Bonchev–Trinajstić information content (AvgIpc) is 2.42. The molecule has 0 aliphatic rings. The van der Waals surface area contributed by atoms with E-state index in [2.05, 4.69) is 0 Å². The molecule has 2 aromatic rings. The summed E-state index contributed by atoms with van der Waals surface area (Å²) in [5.41, 5.74) is 3.02. The first-order valence-electron chi connectivity index (χ1n) is 6.61. The quantitative estimate of drug-likeness (QED) is 0.924. The minimum absolute atomic E-state index is 0.0949. The molecule has 110 valence electrons. The number of aromatic carboxylic acids is 1. The van der Waals surface area contributed by atoms with E-state index in [9.17, 15) is 14.3 Å². The van der Waals surface area contributed by atoms with E-state index in [1.807, 2.05) is 19.9 Å². The predicted molar refractivity (Wildman–Crippen MR) is 78.3 cm³/mol. The van der Waals surface area contributed by atoms with Gasteiger partial charge in [-0.2, -0.15) is 0 Å². The van der Waals surface area contributed by atoms with Crippen molar-refractivity contribution in [3.63, 3.8) is 0 Å². The van der Waals surface area contributed by atoms with Crippen LogP contribution >= 0.6 is 0 Å². The number of ether oxygens (including phenoxy) is 1. The molecule has 0 radical (unpaired) electrons. The molecule has 0 atom stereocenters. The Morgan fingerprint density at radius 3 is 2.52 bits per heavy atom. The summed E-state index contributed by atoms with van der Waals surface area (Å²) >= 11 is 0. The molecule has 0 unspecified atom stereocenters. The van der Waals surface area contributed by atoms with Crippen LogP contribution in [0.25, 0.3) is 0 Å². The number of carbonyl (C=O) groups is 1. The minimum atomic E-state index is -0.996. The van der Waals surface area contributed by atoms with Gasteiger partial charge in [-0.3, -0.25) is 0 Å². The van der Waals surface area contributed by atoms with Crippen molar-refractivity contribution >= 4 is 5.97 Å². The van der Waals surface area contributed by atoms with Gasteiger partial charge in [0.25, 0.3) is 0 Å². The van der Waals surface area contributed by atoms with E-state index < -0.39 is 5.97 Å². The van der Waals surface area contributed by atoms with Crippen molar-refractivity contribution in [2.24, 2.45) is 0 Å².